The van der Waals surface area contributed by atoms with Crippen molar-refractivity contribution in [1.82, 2.24) is 5.32 Å². The second kappa shape index (κ2) is 2.81. The summed E-state index contributed by atoms with van der Waals surface area (Å²) in [5.41, 5.74) is 2.08. The van der Waals surface area contributed by atoms with Crippen LogP contribution in [-0.2, 0) is 13.0 Å². The number of fused-ring (bicyclic) bond motifs is 1. The molecule has 1 nitrogen and oxygen atoms in total. The zero-order valence-corrected chi connectivity index (χ0v) is 8.02. The van der Waals surface area contributed by atoms with E-state index >= 15 is 0 Å². The minimum absolute atomic E-state index is 0.0829. The van der Waals surface area contributed by atoms with Crippen LogP contribution in [0.3, 0.4) is 0 Å². The lowest BCUT2D eigenvalue weighted by atomic mass is 9.87. The summed E-state index contributed by atoms with van der Waals surface area (Å²) in [6, 6.07) is 5.33. The lowest BCUT2D eigenvalue weighted by Gasteiger charge is -2.32. The molecule has 0 aliphatic carbocycles. The predicted octanol–water partition coefficient (Wildman–Crippen LogP) is 2.25. The molecule has 70 valence electrons. The normalized spacial score (nSPS) is 19.6. The molecule has 1 aromatic rings. The number of nitrogens with one attached hydrogen (secondary N) is 1. The Morgan fingerprint density at radius 1 is 1.38 bits per heavy atom. The van der Waals surface area contributed by atoms with Crippen LogP contribution in [0.15, 0.2) is 18.2 Å². The van der Waals surface area contributed by atoms with Crippen molar-refractivity contribution in [2.45, 2.75) is 32.4 Å². The molecule has 1 N–H and O–H groups in total. The Kier molecular flexibility index (Phi) is 1.88. The molecule has 0 radical (unpaired) electrons. The van der Waals surface area contributed by atoms with Crippen LogP contribution in [0.4, 0.5) is 4.39 Å². The van der Waals surface area contributed by atoms with Crippen LogP contribution < -0.4 is 5.32 Å². The standard InChI is InChI=1S/C11H14FN/c1-11(2)6-8-4-3-5-10(12)9(8)7-13-11/h3-5,13H,6-7H2,1-2H3. The average Bonchev–Trinajstić information content (AvgIpc) is 2.02. The highest BCUT2D eigenvalue weighted by atomic mass is 19.1. The lowest BCUT2D eigenvalue weighted by molar-refractivity contribution is 0.356. The van der Waals surface area contributed by atoms with Gasteiger partial charge in [0.15, 0.2) is 0 Å². The Morgan fingerprint density at radius 2 is 2.15 bits per heavy atom. The molecule has 1 aliphatic heterocycles. The minimum Gasteiger partial charge on any atom is -0.307 e. The minimum atomic E-state index is -0.0829. The molecule has 2 rings (SSSR count). The van der Waals surface area contributed by atoms with Crippen molar-refractivity contribution in [3.63, 3.8) is 0 Å². The van der Waals surface area contributed by atoms with Gasteiger partial charge in [0.2, 0.25) is 0 Å². The van der Waals surface area contributed by atoms with Crippen molar-refractivity contribution in [2.75, 3.05) is 0 Å². The summed E-state index contributed by atoms with van der Waals surface area (Å²) in [6.45, 7) is 4.93. The van der Waals surface area contributed by atoms with Gasteiger partial charge in [-0.2, -0.15) is 0 Å². The van der Waals surface area contributed by atoms with Crippen LogP contribution >= 0.6 is 0 Å². The van der Waals surface area contributed by atoms with Crippen LogP contribution in [0, 0.1) is 5.82 Å². The van der Waals surface area contributed by atoms with Crippen LogP contribution in [-0.4, -0.2) is 5.54 Å². The summed E-state index contributed by atoms with van der Waals surface area (Å²) in [5, 5.41) is 3.32. The predicted molar refractivity (Wildman–Crippen MR) is 51.0 cm³/mol. The van der Waals surface area contributed by atoms with Crippen molar-refractivity contribution < 1.29 is 4.39 Å². The third kappa shape index (κ3) is 1.59. The van der Waals surface area contributed by atoms with Gasteiger partial charge in [0.1, 0.15) is 5.82 Å². The zero-order valence-electron chi connectivity index (χ0n) is 8.02. The molecule has 1 aromatic carbocycles. The van der Waals surface area contributed by atoms with E-state index in [4.69, 9.17) is 0 Å². The van der Waals surface area contributed by atoms with Crippen LogP contribution in [0.1, 0.15) is 25.0 Å². The highest BCUT2D eigenvalue weighted by Gasteiger charge is 2.25. The van der Waals surface area contributed by atoms with E-state index in [1.165, 1.54) is 6.07 Å². The highest BCUT2D eigenvalue weighted by molar-refractivity contribution is 5.32. The van der Waals surface area contributed by atoms with Gasteiger partial charge in [0, 0.05) is 17.6 Å². The van der Waals surface area contributed by atoms with Gasteiger partial charge in [-0.25, -0.2) is 4.39 Å². The van der Waals surface area contributed by atoms with Crippen LogP contribution in [0.25, 0.3) is 0 Å². The van der Waals surface area contributed by atoms with E-state index < -0.39 is 0 Å². The van der Waals surface area contributed by atoms with E-state index in [1.807, 2.05) is 6.07 Å². The van der Waals surface area contributed by atoms with Crippen LogP contribution in [0.5, 0.6) is 0 Å². The average molecular weight is 179 g/mol. The molecule has 1 heterocycles. The van der Waals surface area contributed by atoms with E-state index in [0.29, 0.717) is 6.54 Å². The maximum Gasteiger partial charge on any atom is 0.127 e. The summed E-state index contributed by atoms with van der Waals surface area (Å²) in [5.74, 6) is -0.0829. The second-order valence-corrected chi connectivity index (χ2v) is 4.29. The SMILES string of the molecule is CC1(C)Cc2cccc(F)c2CN1. The summed E-state index contributed by atoms with van der Waals surface area (Å²) in [6.07, 6.45) is 0.903. The summed E-state index contributed by atoms with van der Waals surface area (Å²) in [7, 11) is 0. The van der Waals surface area contributed by atoms with Gasteiger partial charge in [-0.3, -0.25) is 0 Å². The number of rotatable bonds is 0. The summed E-state index contributed by atoms with van der Waals surface area (Å²) >= 11 is 0. The molecule has 13 heavy (non-hydrogen) atoms. The first-order valence-electron chi connectivity index (χ1n) is 4.60. The van der Waals surface area contributed by atoms with Crippen molar-refractivity contribution >= 4 is 0 Å². The molecule has 0 atom stereocenters. The maximum absolute atomic E-state index is 13.3. The van der Waals surface area contributed by atoms with Crippen molar-refractivity contribution in [2.24, 2.45) is 0 Å². The van der Waals surface area contributed by atoms with Gasteiger partial charge in [0.25, 0.3) is 0 Å². The highest BCUT2D eigenvalue weighted by Crippen LogP contribution is 2.24. The smallest absolute Gasteiger partial charge is 0.127 e. The molecule has 0 amide bonds. The monoisotopic (exact) mass is 179 g/mol. The van der Waals surface area contributed by atoms with Gasteiger partial charge in [-0.05, 0) is 31.9 Å². The van der Waals surface area contributed by atoms with E-state index in [9.17, 15) is 4.39 Å². The lowest BCUT2D eigenvalue weighted by Crippen LogP contribution is -2.44. The molecule has 1 aliphatic rings. The molecule has 0 saturated carbocycles. The summed E-state index contributed by atoms with van der Waals surface area (Å²) in [4.78, 5) is 0. The molecular weight excluding hydrogens is 165 g/mol. The van der Waals surface area contributed by atoms with E-state index in [-0.39, 0.29) is 11.4 Å². The van der Waals surface area contributed by atoms with E-state index in [2.05, 4.69) is 19.2 Å². The van der Waals surface area contributed by atoms with Crippen molar-refractivity contribution in [1.29, 1.82) is 0 Å². The largest absolute Gasteiger partial charge is 0.307 e. The Hall–Kier alpha value is -0.890. The number of hydrogen-bond donors (Lipinski definition) is 1. The fourth-order valence-electron chi connectivity index (χ4n) is 1.83. The Balaban J connectivity index is 2.42. The maximum atomic E-state index is 13.3. The molecule has 0 saturated heterocycles. The molecule has 0 fully saturated rings. The molecule has 0 unspecified atom stereocenters. The number of hydrogen-bond acceptors (Lipinski definition) is 1. The molecule has 0 spiro atoms. The Bertz CT molecular complexity index is 331. The van der Waals surface area contributed by atoms with Gasteiger partial charge in [0.05, 0.1) is 0 Å². The van der Waals surface area contributed by atoms with Gasteiger partial charge in [-0.1, -0.05) is 12.1 Å². The number of benzene rings is 1. The topological polar surface area (TPSA) is 12.0 Å². The van der Waals surface area contributed by atoms with Gasteiger partial charge in [-0.15, -0.1) is 0 Å². The molecule has 2 heteroatoms. The van der Waals surface area contributed by atoms with Crippen molar-refractivity contribution in [3.8, 4) is 0 Å². The third-order valence-corrected chi connectivity index (χ3v) is 2.59. The second-order valence-electron chi connectivity index (χ2n) is 4.29. The fraction of sp³-hybridized carbons (Fsp3) is 0.455. The van der Waals surface area contributed by atoms with Gasteiger partial charge < -0.3 is 5.32 Å². The summed E-state index contributed by atoms with van der Waals surface area (Å²) < 4.78 is 13.3. The quantitative estimate of drug-likeness (QED) is 0.644. The van der Waals surface area contributed by atoms with E-state index in [1.54, 1.807) is 6.07 Å². The first kappa shape index (κ1) is 8.70. The first-order valence-corrected chi connectivity index (χ1v) is 4.60. The zero-order chi connectivity index (χ0) is 9.47. The molecular formula is C11H14FN. The van der Waals surface area contributed by atoms with Crippen LogP contribution in [0.2, 0.25) is 0 Å². The van der Waals surface area contributed by atoms with E-state index in [0.717, 1.165) is 17.5 Å². The molecule has 0 aromatic heterocycles. The third-order valence-electron chi connectivity index (χ3n) is 2.59. The number of halogens is 1. The fourth-order valence-corrected chi connectivity index (χ4v) is 1.83. The molecule has 0 bridgehead atoms. The Morgan fingerprint density at radius 3 is 2.92 bits per heavy atom. The Labute approximate surface area is 78.0 Å². The van der Waals surface area contributed by atoms with Gasteiger partial charge >= 0.3 is 0 Å². The first-order chi connectivity index (χ1) is 6.08. The van der Waals surface area contributed by atoms with Crippen molar-refractivity contribution in [3.05, 3.63) is 35.1 Å².